The van der Waals surface area contributed by atoms with Crippen LogP contribution in [0.4, 0.5) is 0 Å². The standard InChI is InChI=1S/C18H32N4O.HI/c1-5-19-18(20-12-13-23-6-2)21-14-16(3)22(4)15-17-10-8-7-9-11-17;/h7-11,16H,5-6,12-15H2,1-4H3,(H2,19,20,21);1H. The molecule has 0 spiro atoms. The van der Waals surface area contributed by atoms with Crippen LogP contribution in [-0.4, -0.2) is 56.8 Å². The molecule has 0 aliphatic carbocycles. The third-order valence-electron chi connectivity index (χ3n) is 3.63. The number of benzene rings is 1. The molecule has 1 atom stereocenters. The molecule has 0 saturated carbocycles. The van der Waals surface area contributed by atoms with Gasteiger partial charge in [-0.2, -0.15) is 0 Å². The molecule has 6 heteroatoms. The summed E-state index contributed by atoms with van der Waals surface area (Å²) in [7, 11) is 2.14. The number of hydrogen-bond donors (Lipinski definition) is 2. The monoisotopic (exact) mass is 448 g/mol. The van der Waals surface area contributed by atoms with Gasteiger partial charge in [0.05, 0.1) is 13.2 Å². The number of aliphatic imine (C=N–C) groups is 1. The highest BCUT2D eigenvalue weighted by Gasteiger charge is 2.09. The molecule has 5 nitrogen and oxygen atoms in total. The molecule has 0 aromatic heterocycles. The van der Waals surface area contributed by atoms with Gasteiger partial charge in [0.15, 0.2) is 5.96 Å². The number of nitrogens with zero attached hydrogens (tertiary/aromatic N) is 2. The van der Waals surface area contributed by atoms with Crippen molar-refractivity contribution in [3.05, 3.63) is 35.9 Å². The van der Waals surface area contributed by atoms with Gasteiger partial charge in [0, 0.05) is 32.3 Å². The molecule has 138 valence electrons. The predicted molar refractivity (Wildman–Crippen MR) is 113 cm³/mol. The zero-order valence-electron chi connectivity index (χ0n) is 15.4. The minimum absolute atomic E-state index is 0. The van der Waals surface area contributed by atoms with Gasteiger partial charge in [-0.05, 0) is 33.4 Å². The second-order valence-electron chi connectivity index (χ2n) is 5.59. The average Bonchev–Trinajstić information content (AvgIpc) is 2.57. The maximum Gasteiger partial charge on any atom is 0.191 e. The summed E-state index contributed by atoms with van der Waals surface area (Å²) in [5, 5.41) is 6.56. The van der Waals surface area contributed by atoms with E-state index in [-0.39, 0.29) is 24.0 Å². The number of halogens is 1. The van der Waals surface area contributed by atoms with Gasteiger partial charge in [0.25, 0.3) is 0 Å². The van der Waals surface area contributed by atoms with Gasteiger partial charge >= 0.3 is 0 Å². The number of nitrogens with one attached hydrogen (secondary N) is 2. The largest absolute Gasteiger partial charge is 0.380 e. The summed E-state index contributed by atoms with van der Waals surface area (Å²) in [5.74, 6) is 0.854. The molecule has 0 aliphatic heterocycles. The summed E-state index contributed by atoms with van der Waals surface area (Å²) in [5.41, 5.74) is 1.33. The molecule has 0 radical (unpaired) electrons. The van der Waals surface area contributed by atoms with Crippen molar-refractivity contribution in [1.29, 1.82) is 0 Å². The van der Waals surface area contributed by atoms with Crippen molar-refractivity contribution in [1.82, 2.24) is 15.5 Å². The van der Waals surface area contributed by atoms with E-state index in [9.17, 15) is 0 Å². The summed E-state index contributed by atoms with van der Waals surface area (Å²) in [6, 6.07) is 10.9. The summed E-state index contributed by atoms with van der Waals surface area (Å²) in [6.45, 7) is 11.0. The van der Waals surface area contributed by atoms with Crippen molar-refractivity contribution >= 4 is 29.9 Å². The molecule has 1 rings (SSSR count). The van der Waals surface area contributed by atoms with E-state index in [1.807, 2.05) is 13.0 Å². The fourth-order valence-corrected chi connectivity index (χ4v) is 2.12. The third kappa shape index (κ3) is 10.1. The molecule has 0 aliphatic rings. The molecule has 0 saturated heterocycles. The van der Waals surface area contributed by atoms with Crippen LogP contribution in [0.15, 0.2) is 35.3 Å². The Morgan fingerprint density at radius 1 is 1.21 bits per heavy atom. The minimum Gasteiger partial charge on any atom is -0.380 e. The number of hydrogen-bond acceptors (Lipinski definition) is 3. The third-order valence-corrected chi connectivity index (χ3v) is 3.63. The highest BCUT2D eigenvalue weighted by Crippen LogP contribution is 2.06. The van der Waals surface area contributed by atoms with Crippen molar-refractivity contribution in [2.24, 2.45) is 4.99 Å². The Hall–Kier alpha value is -0.860. The van der Waals surface area contributed by atoms with Gasteiger partial charge in [0.2, 0.25) is 0 Å². The molecular formula is C18H33IN4O. The summed E-state index contributed by atoms with van der Waals surface area (Å²) >= 11 is 0. The van der Waals surface area contributed by atoms with Gasteiger partial charge in [-0.3, -0.25) is 9.89 Å². The summed E-state index contributed by atoms with van der Waals surface area (Å²) < 4.78 is 5.34. The Morgan fingerprint density at radius 3 is 2.54 bits per heavy atom. The van der Waals surface area contributed by atoms with E-state index in [0.717, 1.165) is 38.7 Å². The lowest BCUT2D eigenvalue weighted by atomic mass is 10.2. The van der Waals surface area contributed by atoms with E-state index in [1.165, 1.54) is 5.56 Å². The lowest BCUT2D eigenvalue weighted by molar-refractivity contribution is 0.152. The van der Waals surface area contributed by atoms with E-state index in [1.54, 1.807) is 0 Å². The van der Waals surface area contributed by atoms with Crippen molar-refractivity contribution in [2.45, 2.75) is 33.4 Å². The highest BCUT2D eigenvalue weighted by molar-refractivity contribution is 14.0. The summed E-state index contributed by atoms with van der Waals surface area (Å²) in [4.78, 5) is 6.99. The first-order valence-corrected chi connectivity index (χ1v) is 8.51. The van der Waals surface area contributed by atoms with E-state index in [0.29, 0.717) is 12.6 Å². The van der Waals surface area contributed by atoms with Crippen LogP contribution in [0, 0.1) is 0 Å². The van der Waals surface area contributed by atoms with Crippen LogP contribution < -0.4 is 10.6 Å². The number of guanidine groups is 1. The Balaban J connectivity index is 0.00000529. The number of likely N-dealkylation sites (N-methyl/N-ethyl adjacent to an activating group) is 1. The smallest absolute Gasteiger partial charge is 0.191 e. The van der Waals surface area contributed by atoms with Crippen LogP contribution in [0.25, 0.3) is 0 Å². The molecule has 1 aromatic carbocycles. The second-order valence-corrected chi connectivity index (χ2v) is 5.59. The quantitative estimate of drug-likeness (QED) is 0.250. The lowest BCUT2D eigenvalue weighted by Crippen LogP contribution is -2.40. The first-order chi connectivity index (χ1) is 11.2. The van der Waals surface area contributed by atoms with Crippen LogP contribution >= 0.6 is 24.0 Å². The fourth-order valence-electron chi connectivity index (χ4n) is 2.12. The lowest BCUT2D eigenvalue weighted by Gasteiger charge is -2.24. The first-order valence-electron chi connectivity index (χ1n) is 8.51. The fraction of sp³-hybridized carbons (Fsp3) is 0.611. The van der Waals surface area contributed by atoms with Crippen LogP contribution in [0.5, 0.6) is 0 Å². The Kier molecular flexibility index (Phi) is 14.0. The van der Waals surface area contributed by atoms with Crippen molar-refractivity contribution in [3.63, 3.8) is 0 Å². The zero-order valence-corrected chi connectivity index (χ0v) is 17.7. The number of ether oxygens (including phenoxy) is 1. The van der Waals surface area contributed by atoms with Gasteiger partial charge in [-0.25, -0.2) is 0 Å². The minimum atomic E-state index is 0. The van der Waals surface area contributed by atoms with Gasteiger partial charge in [-0.15, -0.1) is 24.0 Å². The zero-order chi connectivity index (χ0) is 16.9. The molecular weight excluding hydrogens is 415 g/mol. The van der Waals surface area contributed by atoms with Gasteiger partial charge in [0.1, 0.15) is 0 Å². The Labute approximate surface area is 164 Å². The van der Waals surface area contributed by atoms with E-state index in [4.69, 9.17) is 4.74 Å². The molecule has 24 heavy (non-hydrogen) atoms. The van der Waals surface area contributed by atoms with Crippen molar-refractivity contribution in [3.8, 4) is 0 Å². The predicted octanol–water partition coefficient (Wildman–Crippen LogP) is 2.72. The van der Waals surface area contributed by atoms with Crippen LogP contribution in [0.2, 0.25) is 0 Å². The molecule has 0 fully saturated rings. The normalized spacial score (nSPS) is 12.6. The van der Waals surface area contributed by atoms with Crippen LogP contribution in [0.1, 0.15) is 26.3 Å². The maximum absolute atomic E-state index is 5.34. The topological polar surface area (TPSA) is 48.9 Å². The Morgan fingerprint density at radius 2 is 1.92 bits per heavy atom. The SMILES string of the molecule is CCNC(=NCC(C)N(C)Cc1ccccc1)NCCOCC.I. The highest BCUT2D eigenvalue weighted by atomic mass is 127. The molecule has 2 N–H and O–H groups in total. The average molecular weight is 448 g/mol. The van der Waals surface area contributed by atoms with Crippen LogP contribution in [0.3, 0.4) is 0 Å². The van der Waals surface area contributed by atoms with E-state index < -0.39 is 0 Å². The second kappa shape index (κ2) is 14.5. The van der Waals surface area contributed by atoms with Crippen molar-refractivity contribution in [2.75, 3.05) is 39.9 Å². The van der Waals surface area contributed by atoms with Gasteiger partial charge < -0.3 is 15.4 Å². The van der Waals surface area contributed by atoms with E-state index in [2.05, 4.69) is 65.7 Å². The maximum atomic E-state index is 5.34. The molecule has 0 heterocycles. The van der Waals surface area contributed by atoms with Gasteiger partial charge in [-0.1, -0.05) is 30.3 Å². The molecule has 0 amide bonds. The van der Waals surface area contributed by atoms with Crippen molar-refractivity contribution < 1.29 is 4.74 Å². The first kappa shape index (κ1) is 23.1. The summed E-state index contributed by atoms with van der Waals surface area (Å²) in [6.07, 6.45) is 0. The molecule has 1 unspecified atom stereocenters. The molecule has 0 bridgehead atoms. The Bertz CT molecular complexity index is 442. The van der Waals surface area contributed by atoms with Crippen LogP contribution in [-0.2, 0) is 11.3 Å². The molecule has 1 aromatic rings. The number of rotatable bonds is 10. The van der Waals surface area contributed by atoms with E-state index >= 15 is 0 Å².